The normalized spacial score (nSPS) is 12.2. The van der Waals surface area contributed by atoms with Crippen molar-refractivity contribution in [1.82, 2.24) is 19.6 Å². The molecule has 122 valence electrons. The standard InChI is InChI=1S/C21H18N4/c1-2-6-16(7-3-1)10-11-17-12-13-20-19-8-4-5-9-21(19)25-18(14-22-23-25)15-24(17)20/h1-9,12-14H,10-11,15H2. The maximum atomic E-state index is 4.30. The zero-order valence-electron chi connectivity index (χ0n) is 13.8. The van der Waals surface area contributed by atoms with Gasteiger partial charge in [-0.15, -0.1) is 5.10 Å². The number of para-hydroxylation sites is 1. The Bertz CT molecular complexity index is 1030. The first kappa shape index (κ1) is 14.2. The largest absolute Gasteiger partial charge is 0.338 e. The molecular weight excluding hydrogens is 308 g/mol. The molecule has 0 N–H and O–H groups in total. The molecule has 0 atom stereocenters. The minimum absolute atomic E-state index is 0.800. The van der Waals surface area contributed by atoms with Crippen molar-refractivity contribution in [2.75, 3.05) is 0 Å². The van der Waals surface area contributed by atoms with Gasteiger partial charge in [0.25, 0.3) is 0 Å². The zero-order valence-corrected chi connectivity index (χ0v) is 13.8. The van der Waals surface area contributed by atoms with Crippen LogP contribution in [0.4, 0.5) is 0 Å². The summed E-state index contributed by atoms with van der Waals surface area (Å²) >= 11 is 0. The fourth-order valence-corrected chi connectivity index (χ4v) is 3.67. The minimum Gasteiger partial charge on any atom is -0.338 e. The van der Waals surface area contributed by atoms with Gasteiger partial charge in [0.05, 0.1) is 29.8 Å². The summed E-state index contributed by atoms with van der Waals surface area (Å²) in [6.07, 6.45) is 3.93. The average molecular weight is 326 g/mol. The van der Waals surface area contributed by atoms with Gasteiger partial charge in [0.1, 0.15) is 0 Å². The Morgan fingerprint density at radius 2 is 1.68 bits per heavy atom. The Kier molecular flexibility index (Phi) is 3.27. The molecular formula is C21H18N4. The van der Waals surface area contributed by atoms with Crippen molar-refractivity contribution < 1.29 is 0 Å². The molecule has 0 amide bonds. The lowest BCUT2D eigenvalue weighted by Gasteiger charge is -2.11. The second-order valence-corrected chi connectivity index (χ2v) is 6.44. The Labute approximate surface area is 146 Å². The summed E-state index contributed by atoms with van der Waals surface area (Å²) in [6.45, 7) is 0.800. The molecule has 3 heterocycles. The third-order valence-electron chi connectivity index (χ3n) is 4.93. The van der Waals surface area contributed by atoms with Crippen molar-refractivity contribution in [1.29, 1.82) is 0 Å². The zero-order chi connectivity index (χ0) is 16.6. The van der Waals surface area contributed by atoms with E-state index in [1.165, 1.54) is 22.5 Å². The molecule has 4 nitrogen and oxygen atoms in total. The first-order chi connectivity index (χ1) is 12.4. The second kappa shape index (κ2) is 5.74. The van der Waals surface area contributed by atoms with E-state index in [0.717, 1.165) is 30.8 Å². The van der Waals surface area contributed by atoms with Crippen molar-refractivity contribution >= 4 is 0 Å². The molecule has 0 spiro atoms. The maximum absolute atomic E-state index is 4.30. The lowest BCUT2D eigenvalue weighted by molar-refractivity contribution is 0.697. The van der Waals surface area contributed by atoms with Crippen LogP contribution in [0.15, 0.2) is 72.9 Å². The minimum atomic E-state index is 0.800. The highest BCUT2D eigenvalue weighted by Gasteiger charge is 2.21. The smallest absolute Gasteiger partial charge is 0.0843 e. The number of aryl methyl sites for hydroxylation is 2. The lowest BCUT2D eigenvalue weighted by Crippen LogP contribution is -2.07. The Morgan fingerprint density at radius 3 is 2.60 bits per heavy atom. The van der Waals surface area contributed by atoms with Gasteiger partial charge in [-0.1, -0.05) is 53.7 Å². The summed E-state index contributed by atoms with van der Waals surface area (Å²) in [7, 11) is 0. The highest BCUT2D eigenvalue weighted by molar-refractivity contribution is 5.72. The van der Waals surface area contributed by atoms with Gasteiger partial charge < -0.3 is 4.57 Å². The third kappa shape index (κ3) is 2.38. The van der Waals surface area contributed by atoms with Crippen molar-refractivity contribution in [2.24, 2.45) is 0 Å². The summed E-state index contributed by atoms with van der Waals surface area (Å²) in [6, 6.07) is 23.6. The molecule has 0 bridgehead atoms. The Balaban J connectivity index is 1.57. The van der Waals surface area contributed by atoms with E-state index < -0.39 is 0 Å². The number of benzene rings is 2. The number of fused-ring (bicyclic) bond motifs is 5. The van der Waals surface area contributed by atoms with Crippen molar-refractivity contribution in [2.45, 2.75) is 19.4 Å². The average Bonchev–Trinajstić information content (AvgIpc) is 3.26. The van der Waals surface area contributed by atoms with E-state index >= 15 is 0 Å². The van der Waals surface area contributed by atoms with E-state index in [9.17, 15) is 0 Å². The highest BCUT2D eigenvalue weighted by atomic mass is 15.4. The van der Waals surface area contributed by atoms with Gasteiger partial charge in [-0.05, 0) is 36.6 Å². The van der Waals surface area contributed by atoms with Crippen LogP contribution in [-0.4, -0.2) is 19.6 Å². The van der Waals surface area contributed by atoms with E-state index in [-0.39, 0.29) is 0 Å². The molecule has 4 heteroatoms. The Hall–Kier alpha value is -3.14. The van der Waals surface area contributed by atoms with Crippen molar-refractivity contribution in [3.63, 3.8) is 0 Å². The van der Waals surface area contributed by atoms with Crippen LogP contribution in [0.25, 0.3) is 16.9 Å². The molecule has 1 aliphatic heterocycles. The van der Waals surface area contributed by atoms with Crippen LogP contribution in [0.1, 0.15) is 17.0 Å². The number of hydrogen-bond acceptors (Lipinski definition) is 2. The van der Waals surface area contributed by atoms with Crippen LogP contribution in [0.5, 0.6) is 0 Å². The number of hydrogen-bond donors (Lipinski definition) is 0. The molecule has 0 aliphatic carbocycles. The quantitative estimate of drug-likeness (QED) is 0.504. The van der Waals surface area contributed by atoms with Gasteiger partial charge in [0, 0.05) is 11.3 Å². The van der Waals surface area contributed by atoms with Gasteiger partial charge in [-0.2, -0.15) is 0 Å². The van der Waals surface area contributed by atoms with E-state index in [1.807, 2.05) is 10.9 Å². The van der Waals surface area contributed by atoms with Crippen LogP contribution in [0.3, 0.4) is 0 Å². The molecule has 0 saturated carbocycles. The first-order valence-electron chi connectivity index (χ1n) is 8.62. The number of rotatable bonds is 3. The van der Waals surface area contributed by atoms with Crippen molar-refractivity contribution in [3.8, 4) is 16.9 Å². The van der Waals surface area contributed by atoms with E-state index in [4.69, 9.17) is 0 Å². The van der Waals surface area contributed by atoms with E-state index in [2.05, 4.69) is 81.6 Å². The molecule has 0 fully saturated rings. The van der Waals surface area contributed by atoms with Gasteiger partial charge in [0.15, 0.2) is 0 Å². The van der Waals surface area contributed by atoms with Gasteiger partial charge in [-0.25, -0.2) is 4.68 Å². The molecule has 0 unspecified atom stereocenters. The van der Waals surface area contributed by atoms with E-state index in [1.54, 1.807) is 0 Å². The number of aromatic nitrogens is 4. The van der Waals surface area contributed by atoms with Crippen LogP contribution in [-0.2, 0) is 19.4 Å². The topological polar surface area (TPSA) is 35.6 Å². The summed E-state index contributed by atoms with van der Waals surface area (Å²) in [4.78, 5) is 0. The molecule has 25 heavy (non-hydrogen) atoms. The lowest BCUT2D eigenvalue weighted by atomic mass is 10.1. The van der Waals surface area contributed by atoms with Gasteiger partial charge in [0.2, 0.25) is 0 Å². The second-order valence-electron chi connectivity index (χ2n) is 6.44. The SMILES string of the molecule is c1ccc(CCc2ccc3n2Cc2cnnn2-c2ccccc2-3)cc1. The summed E-state index contributed by atoms with van der Waals surface area (Å²) in [5.74, 6) is 0. The van der Waals surface area contributed by atoms with Crippen LogP contribution >= 0.6 is 0 Å². The van der Waals surface area contributed by atoms with Crippen LogP contribution in [0.2, 0.25) is 0 Å². The van der Waals surface area contributed by atoms with Crippen molar-refractivity contribution in [3.05, 3.63) is 89.9 Å². The van der Waals surface area contributed by atoms with E-state index in [0.29, 0.717) is 0 Å². The summed E-state index contributed by atoms with van der Waals surface area (Å²) < 4.78 is 4.37. The molecule has 1 aliphatic rings. The van der Waals surface area contributed by atoms with Gasteiger partial charge in [-0.3, -0.25) is 0 Å². The predicted molar refractivity (Wildman–Crippen MR) is 97.7 cm³/mol. The van der Waals surface area contributed by atoms with Gasteiger partial charge >= 0.3 is 0 Å². The van der Waals surface area contributed by atoms with Crippen LogP contribution < -0.4 is 0 Å². The maximum Gasteiger partial charge on any atom is 0.0843 e. The molecule has 4 aromatic rings. The number of nitrogens with zero attached hydrogens (tertiary/aromatic N) is 4. The Morgan fingerprint density at radius 1 is 0.840 bits per heavy atom. The predicted octanol–water partition coefficient (Wildman–Crippen LogP) is 3.88. The molecule has 0 radical (unpaired) electrons. The summed E-state index contributed by atoms with van der Waals surface area (Å²) in [5, 5.41) is 8.42. The third-order valence-corrected chi connectivity index (χ3v) is 4.93. The molecule has 2 aromatic heterocycles. The fraction of sp³-hybridized carbons (Fsp3) is 0.143. The molecule has 2 aromatic carbocycles. The first-order valence-corrected chi connectivity index (χ1v) is 8.62. The van der Waals surface area contributed by atoms with Crippen LogP contribution in [0, 0.1) is 0 Å². The molecule has 0 saturated heterocycles. The monoisotopic (exact) mass is 326 g/mol. The summed E-state index contributed by atoms with van der Waals surface area (Å²) in [5.41, 5.74) is 7.40. The molecule has 5 rings (SSSR count). The highest BCUT2D eigenvalue weighted by Crippen LogP contribution is 2.32. The fourth-order valence-electron chi connectivity index (χ4n) is 3.67.